The molecule has 1 rings (SSSR count). The summed E-state index contributed by atoms with van der Waals surface area (Å²) >= 11 is 0. The second-order valence-electron chi connectivity index (χ2n) is 3.03. The van der Waals surface area contributed by atoms with E-state index in [2.05, 4.69) is 13.2 Å². The summed E-state index contributed by atoms with van der Waals surface area (Å²) in [6.07, 6.45) is 12.6. The number of hydrogen-bond donors (Lipinski definition) is 0. The van der Waals surface area contributed by atoms with E-state index in [1.54, 1.807) is 18.2 Å². The SMILES string of the molecule is C=C/C=C(\C=C)C(=O)C1=CCCC=C1. The van der Waals surface area contributed by atoms with Gasteiger partial charge in [-0.2, -0.15) is 0 Å². The molecule has 0 atom stereocenters. The second-order valence-corrected chi connectivity index (χ2v) is 3.03. The van der Waals surface area contributed by atoms with Gasteiger partial charge in [0.15, 0.2) is 5.78 Å². The van der Waals surface area contributed by atoms with Gasteiger partial charge in [0.1, 0.15) is 0 Å². The van der Waals surface area contributed by atoms with E-state index in [4.69, 9.17) is 0 Å². The first-order chi connectivity index (χ1) is 6.79. The molecule has 14 heavy (non-hydrogen) atoms. The molecule has 0 saturated carbocycles. The predicted octanol–water partition coefficient (Wildman–Crippen LogP) is 3.13. The summed E-state index contributed by atoms with van der Waals surface area (Å²) in [5.74, 6) is 0.0239. The van der Waals surface area contributed by atoms with Crippen LogP contribution in [0.15, 0.2) is 60.8 Å². The summed E-state index contributed by atoms with van der Waals surface area (Å²) in [6, 6.07) is 0. The van der Waals surface area contributed by atoms with E-state index in [0.717, 1.165) is 18.4 Å². The van der Waals surface area contributed by atoms with Gasteiger partial charge in [-0.05, 0) is 12.8 Å². The number of carbonyl (C=O) groups excluding carboxylic acids is 1. The van der Waals surface area contributed by atoms with Crippen molar-refractivity contribution in [1.29, 1.82) is 0 Å². The van der Waals surface area contributed by atoms with Crippen LogP contribution in [-0.4, -0.2) is 5.78 Å². The molecule has 0 aliphatic heterocycles. The monoisotopic (exact) mass is 186 g/mol. The van der Waals surface area contributed by atoms with Gasteiger partial charge in [0.25, 0.3) is 0 Å². The lowest BCUT2D eigenvalue weighted by Gasteiger charge is -2.05. The molecule has 0 radical (unpaired) electrons. The van der Waals surface area contributed by atoms with E-state index < -0.39 is 0 Å². The van der Waals surface area contributed by atoms with E-state index in [1.165, 1.54) is 0 Å². The van der Waals surface area contributed by atoms with Gasteiger partial charge in [0, 0.05) is 11.1 Å². The molecule has 0 aromatic rings. The zero-order valence-electron chi connectivity index (χ0n) is 8.20. The van der Waals surface area contributed by atoms with Crippen LogP contribution in [0.25, 0.3) is 0 Å². The Kier molecular flexibility index (Phi) is 3.86. The van der Waals surface area contributed by atoms with Crippen molar-refractivity contribution in [3.8, 4) is 0 Å². The Bertz CT molecular complexity index is 340. The number of hydrogen-bond acceptors (Lipinski definition) is 1. The molecule has 0 fully saturated rings. The molecule has 0 saturated heterocycles. The maximum Gasteiger partial charge on any atom is 0.192 e. The highest BCUT2D eigenvalue weighted by atomic mass is 16.1. The van der Waals surface area contributed by atoms with Crippen molar-refractivity contribution in [3.05, 3.63) is 60.8 Å². The van der Waals surface area contributed by atoms with E-state index in [0.29, 0.717) is 5.57 Å². The van der Waals surface area contributed by atoms with Gasteiger partial charge in [0.2, 0.25) is 0 Å². The average molecular weight is 186 g/mol. The minimum Gasteiger partial charge on any atom is -0.289 e. The highest BCUT2D eigenvalue weighted by Crippen LogP contribution is 2.15. The third-order valence-electron chi connectivity index (χ3n) is 2.04. The molecule has 0 amide bonds. The third-order valence-corrected chi connectivity index (χ3v) is 2.04. The van der Waals surface area contributed by atoms with Crippen molar-refractivity contribution in [2.24, 2.45) is 0 Å². The van der Waals surface area contributed by atoms with Crippen LogP contribution in [0.3, 0.4) is 0 Å². The first-order valence-electron chi connectivity index (χ1n) is 4.66. The van der Waals surface area contributed by atoms with Crippen LogP contribution in [0, 0.1) is 0 Å². The minimum atomic E-state index is 0.0239. The largest absolute Gasteiger partial charge is 0.289 e. The first-order valence-corrected chi connectivity index (χ1v) is 4.66. The number of carbonyl (C=O) groups is 1. The molecule has 0 aromatic carbocycles. The minimum absolute atomic E-state index is 0.0239. The Morgan fingerprint density at radius 1 is 1.36 bits per heavy atom. The van der Waals surface area contributed by atoms with E-state index in [-0.39, 0.29) is 5.78 Å². The van der Waals surface area contributed by atoms with E-state index in [9.17, 15) is 4.79 Å². The summed E-state index contributed by atoms with van der Waals surface area (Å²) in [6.45, 7) is 7.17. The molecule has 0 unspecified atom stereocenters. The van der Waals surface area contributed by atoms with Gasteiger partial charge in [-0.3, -0.25) is 4.79 Å². The van der Waals surface area contributed by atoms with Gasteiger partial charge < -0.3 is 0 Å². The number of Topliss-reactive ketones (excluding diaryl/α,β-unsaturated/α-hetero) is 1. The fourth-order valence-electron chi connectivity index (χ4n) is 1.31. The second kappa shape index (κ2) is 5.18. The molecule has 0 N–H and O–H groups in total. The molecule has 1 aliphatic carbocycles. The molecule has 1 heteroatoms. The molecular weight excluding hydrogens is 172 g/mol. The Hall–Kier alpha value is -1.63. The van der Waals surface area contributed by atoms with Crippen LogP contribution in [0.2, 0.25) is 0 Å². The van der Waals surface area contributed by atoms with Gasteiger partial charge in [-0.1, -0.05) is 49.6 Å². The smallest absolute Gasteiger partial charge is 0.192 e. The fraction of sp³-hybridized carbons (Fsp3) is 0.154. The lowest BCUT2D eigenvalue weighted by molar-refractivity contribution is -0.111. The average Bonchev–Trinajstić information content (AvgIpc) is 2.26. The summed E-state index contributed by atoms with van der Waals surface area (Å²) in [7, 11) is 0. The van der Waals surface area contributed by atoms with Crippen molar-refractivity contribution in [2.75, 3.05) is 0 Å². The summed E-state index contributed by atoms with van der Waals surface area (Å²) in [5, 5.41) is 0. The van der Waals surface area contributed by atoms with Gasteiger partial charge >= 0.3 is 0 Å². The highest BCUT2D eigenvalue weighted by Gasteiger charge is 2.10. The first kappa shape index (κ1) is 10.5. The van der Waals surface area contributed by atoms with Crippen molar-refractivity contribution in [2.45, 2.75) is 12.8 Å². The van der Waals surface area contributed by atoms with E-state index >= 15 is 0 Å². The zero-order chi connectivity index (χ0) is 10.4. The maximum absolute atomic E-state index is 11.8. The number of ketones is 1. The van der Waals surface area contributed by atoms with Crippen molar-refractivity contribution >= 4 is 5.78 Å². The van der Waals surface area contributed by atoms with Crippen LogP contribution in [0.5, 0.6) is 0 Å². The Morgan fingerprint density at radius 2 is 2.14 bits per heavy atom. The van der Waals surface area contributed by atoms with Crippen LogP contribution in [0.1, 0.15) is 12.8 Å². The lowest BCUT2D eigenvalue weighted by Crippen LogP contribution is -2.04. The van der Waals surface area contributed by atoms with Gasteiger partial charge in [-0.15, -0.1) is 0 Å². The predicted molar refractivity (Wildman–Crippen MR) is 59.9 cm³/mol. The third kappa shape index (κ3) is 2.43. The van der Waals surface area contributed by atoms with Gasteiger partial charge in [0.05, 0.1) is 0 Å². The zero-order valence-corrected chi connectivity index (χ0v) is 8.20. The summed E-state index contributed by atoms with van der Waals surface area (Å²) in [4.78, 5) is 11.8. The van der Waals surface area contributed by atoms with Crippen LogP contribution in [-0.2, 0) is 4.79 Å². The molecular formula is C13H14O. The van der Waals surface area contributed by atoms with Crippen LogP contribution < -0.4 is 0 Å². The number of allylic oxidation sites excluding steroid dienone is 8. The van der Waals surface area contributed by atoms with Gasteiger partial charge in [-0.25, -0.2) is 0 Å². The van der Waals surface area contributed by atoms with Crippen molar-refractivity contribution in [1.82, 2.24) is 0 Å². The maximum atomic E-state index is 11.8. The quantitative estimate of drug-likeness (QED) is 0.487. The topological polar surface area (TPSA) is 17.1 Å². The molecule has 1 aliphatic rings. The summed E-state index contributed by atoms with van der Waals surface area (Å²) < 4.78 is 0. The highest BCUT2D eigenvalue weighted by molar-refractivity contribution is 6.12. The molecule has 0 bridgehead atoms. The van der Waals surface area contributed by atoms with Crippen LogP contribution >= 0.6 is 0 Å². The normalized spacial score (nSPS) is 16.0. The Morgan fingerprint density at radius 3 is 2.64 bits per heavy atom. The molecule has 1 nitrogen and oxygen atoms in total. The fourth-order valence-corrected chi connectivity index (χ4v) is 1.31. The van der Waals surface area contributed by atoms with Crippen LogP contribution in [0.4, 0.5) is 0 Å². The number of rotatable bonds is 4. The molecule has 72 valence electrons. The lowest BCUT2D eigenvalue weighted by atomic mass is 9.98. The van der Waals surface area contributed by atoms with Crippen molar-refractivity contribution in [3.63, 3.8) is 0 Å². The van der Waals surface area contributed by atoms with Crippen molar-refractivity contribution < 1.29 is 4.79 Å². The molecule has 0 heterocycles. The molecule has 0 aromatic heterocycles. The van der Waals surface area contributed by atoms with E-state index in [1.807, 2.05) is 18.2 Å². The standard InChI is InChI=1S/C13H14O/c1-3-8-11(4-2)13(14)12-9-6-5-7-10-12/h3-4,6,8-10H,1-2,5,7H2/b11-8+. The summed E-state index contributed by atoms with van der Waals surface area (Å²) in [5.41, 5.74) is 1.35. The molecule has 0 spiro atoms. The Labute approximate surface area is 84.8 Å². The Balaban J connectivity index is 2.87.